The van der Waals surface area contributed by atoms with Gasteiger partial charge < -0.3 is 14.2 Å². The third kappa shape index (κ3) is 4.32. The van der Waals surface area contributed by atoms with Crippen molar-refractivity contribution in [2.45, 2.75) is 39.1 Å². The number of morpholine rings is 1. The number of ether oxygens (including phenoxy) is 1. The highest BCUT2D eigenvalue weighted by Gasteiger charge is 2.27. The number of hydrogen-bond acceptors (Lipinski definition) is 5. The lowest BCUT2D eigenvalue weighted by atomic mass is 10.1. The third-order valence-corrected chi connectivity index (χ3v) is 5.14. The van der Waals surface area contributed by atoms with Crippen LogP contribution in [-0.4, -0.2) is 89.3 Å². The second-order valence-corrected chi connectivity index (χ2v) is 6.96. The number of likely N-dealkylation sites (N-methyl/N-ethyl adjacent to an activating group) is 1. The molecule has 2 aliphatic heterocycles. The summed E-state index contributed by atoms with van der Waals surface area (Å²) in [6.45, 7) is 13.9. The third-order valence-electron chi connectivity index (χ3n) is 5.14. The van der Waals surface area contributed by atoms with Crippen molar-refractivity contribution in [1.29, 1.82) is 0 Å². The molecule has 3 heterocycles. The summed E-state index contributed by atoms with van der Waals surface area (Å²) < 4.78 is 8.16. The molecular formula is C17H31N5O. The van der Waals surface area contributed by atoms with Crippen LogP contribution >= 0.6 is 0 Å². The van der Waals surface area contributed by atoms with Crippen LogP contribution in [0.2, 0.25) is 0 Å². The molecule has 0 N–H and O–H groups in total. The lowest BCUT2D eigenvalue weighted by Crippen LogP contribution is -2.55. The Hall–Kier alpha value is -0.950. The van der Waals surface area contributed by atoms with Gasteiger partial charge in [0.2, 0.25) is 0 Å². The fourth-order valence-corrected chi connectivity index (χ4v) is 3.70. The largest absolute Gasteiger partial charge is 0.374 e. The summed E-state index contributed by atoms with van der Waals surface area (Å²) in [4.78, 5) is 12.0. The van der Waals surface area contributed by atoms with E-state index in [4.69, 9.17) is 4.74 Å². The zero-order valence-electron chi connectivity index (χ0n) is 14.8. The Bertz CT molecular complexity index is 491. The van der Waals surface area contributed by atoms with Gasteiger partial charge in [-0.25, -0.2) is 4.98 Å². The molecule has 0 bridgehead atoms. The molecule has 3 rings (SSSR count). The molecular weight excluding hydrogens is 290 g/mol. The Balaban J connectivity index is 1.49. The highest BCUT2D eigenvalue weighted by Crippen LogP contribution is 2.15. The van der Waals surface area contributed by atoms with E-state index in [-0.39, 0.29) is 0 Å². The normalized spacial score (nSPS) is 28.3. The van der Waals surface area contributed by atoms with Crippen molar-refractivity contribution in [3.8, 4) is 0 Å². The zero-order valence-corrected chi connectivity index (χ0v) is 14.8. The van der Waals surface area contributed by atoms with Gasteiger partial charge in [-0.1, -0.05) is 0 Å². The fraction of sp³-hybridized carbons (Fsp3) is 0.824. The number of imidazole rings is 1. The van der Waals surface area contributed by atoms with E-state index in [1.54, 1.807) is 0 Å². The Labute approximate surface area is 140 Å². The summed E-state index contributed by atoms with van der Waals surface area (Å²) in [7, 11) is 2.19. The van der Waals surface area contributed by atoms with Crippen LogP contribution in [0.25, 0.3) is 0 Å². The second kappa shape index (κ2) is 7.75. The van der Waals surface area contributed by atoms with Crippen molar-refractivity contribution in [3.63, 3.8) is 0 Å². The second-order valence-electron chi connectivity index (χ2n) is 6.96. The number of hydrogen-bond donors (Lipinski definition) is 0. The molecule has 2 saturated heterocycles. The van der Waals surface area contributed by atoms with Crippen LogP contribution < -0.4 is 0 Å². The molecule has 0 amide bonds. The first-order valence-electron chi connectivity index (χ1n) is 8.92. The molecule has 0 aliphatic carbocycles. The molecule has 0 radical (unpaired) electrons. The smallest absolute Gasteiger partial charge is 0.122 e. The minimum absolute atomic E-state index is 0.367. The molecule has 2 atom stereocenters. The van der Waals surface area contributed by atoms with Gasteiger partial charge in [0.05, 0.1) is 19.3 Å². The van der Waals surface area contributed by atoms with Gasteiger partial charge in [0.15, 0.2) is 0 Å². The summed E-state index contributed by atoms with van der Waals surface area (Å²) in [6.07, 6.45) is 4.36. The van der Waals surface area contributed by atoms with Gasteiger partial charge in [-0.3, -0.25) is 9.80 Å². The van der Waals surface area contributed by atoms with E-state index in [1.807, 2.05) is 6.20 Å². The number of nitrogens with zero attached hydrogens (tertiary/aromatic N) is 5. The molecule has 0 saturated carbocycles. The topological polar surface area (TPSA) is 36.8 Å². The zero-order chi connectivity index (χ0) is 16.2. The van der Waals surface area contributed by atoms with Crippen molar-refractivity contribution in [1.82, 2.24) is 24.3 Å². The average molecular weight is 321 g/mol. The van der Waals surface area contributed by atoms with Crippen LogP contribution in [0.3, 0.4) is 0 Å². The van der Waals surface area contributed by atoms with E-state index in [1.165, 1.54) is 5.82 Å². The molecule has 130 valence electrons. The van der Waals surface area contributed by atoms with Gasteiger partial charge in [-0.15, -0.1) is 0 Å². The molecule has 0 spiro atoms. The van der Waals surface area contributed by atoms with Crippen LogP contribution in [-0.2, 0) is 17.8 Å². The fourth-order valence-electron chi connectivity index (χ4n) is 3.70. The van der Waals surface area contributed by atoms with Crippen LogP contribution in [0.1, 0.15) is 19.7 Å². The predicted molar refractivity (Wildman–Crippen MR) is 91.5 cm³/mol. The summed E-state index contributed by atoms with van der Waals surface area (Å²) in [5, 5.41) is 0. The first-order valence-corrected chi connectivity index (χ1v) is 8.92. The molecule has 1 aromatic rings. The molecule has 2 fully saturated rings. The Morgan fingerprint density at radius 3 is 2.87 bits per heavy atom. The minimum Gasteiger partial charge on any atom is -0.374 e. The van der Waals surface area contributed by atoms with Gasteiger partial charge in [-0.05, 0) is 20.9 Å². The minimum atomic E-state index is 0.367. The van der Waals surface area contributed by atoms with Crippen molar-refractivity contribution in [2.24, 2.45) is 0 Å². The van der Waals surface area contributed by atoms with Crippen LogP contribution in [0.15, 0.2) is 12.4 Å². The molecule has 1 aromatic heterocycles. The summed E-state index contributed by atoms with van der Waals surface area (Å²) >= 11 is 0. The van der Waals surface area contributed by atoms with Gasteiger partial charge in [0.1, 0.15) is 5.82 Å². The van der Waals surface area contributed by atoms with Crippen LogP contribution in [0.5, 0.6) is 0 Å². The van der Waals surface area contributed by atoms with E-state index in [2.05, 4.69) is 51.3 Å². The Morgan fingerprint density at radius 1 is 1.26 bits per heavy atom. The van der Waals surface area contributed by atoms with Crippen LogP contribution in [0.4, 0.5) is 0 Å². The number of rotatable bonds is 5. The molecule has 0 aromatic carbocycles. The van der Waals surface area contributed by atoms with E-state index in [9.17, 15) is 0 Å². The highest BCUT2D eigenvalue weighted by molar-refractivity contribution is 4.94. The maximum atomic E-state index is 5.92. The predicted octanol–water partition coefficient (Wildman–Crippen LogP) is 0.740. The van der Waals surface area contributed by atoms with E-state index >= 15 is 0 Å². The van der Waals surface area contributed by atoms with E-state index < -0.39 is 0 Å². The highest BCUT2D eigenvalue weighted by atomic mass is 16.5. The lowest BCUT2D eigenvalue weighted by Gasteiger charge is -2.42. The van der Waals surface area contributed by atoms with E-state index in [0.29, 0.717) is 12.1 Å². The molecule has 0 unspecified atom stereocenters. The lowest BCUT2D eigenvalue weighted by molar-refractivity contribution is -0.0460. The summed E-state index contributed by atoms with van der Waals surface area (Å²) in [5.74, 6) is 1.19. The van der Waals surface area contributed by atoms with Crippen molar-refractivity contribution < 1.29 is 4.74 Å². The Morgan fingerprint density at radius 2 is 2.13 bits per heavy atom. The first kappa shape index (κ1) is 16.9. The van der Waals surface area contributed by atoms with Gasteiger partial charge in [0, 0.05) is 64.2 Å². The molecule has 6 heteroatoms. The van der Waals surface area contributed by atoms with Gasteiger partial charge in [-0.2, -0.15) is 0 Å². The number of aryl methyl sites for hydroxylation is 1. The quantitative estimate of drug-likeness (QED) is 0.799. The monoisotopic (exact) mass is 321 g/mol. The number of aromatic nitrogens is 2. The SMILES string of the molecule is CCn1ccnc1CN1CCN(C[C@H]2CN(C)CCO2)C[C@@H]1C. The van der Waals surface area contributed by atoms with Crippen molar-refractivity contribution >= 4 is 0 Å². The average Bonchev–Trinajstić information content (AvgIpc) is 2.97. The number of piperazine rings is 1. The van der Waals surface area contributed by atoms with E-state index in [0.717, 1.165) is 59.0 Å². The van der Waals surface area contributed by atoms with Crippen LogP contribution in [0, 0.1) is 0 Å². The standard InChI is InChI=1S/C17H31N5O/c1-4-21-6-5-18-17(21)14-22-8-7-20(11-15(22)2)13-16-12-19(3)9-10-23-16/h5-6,15-16H,4,7-14H2,1-3H3/t15-,16+/m0/s1. The van der Waals surface area contributed by atoms with Crippen molar-refractivity contribution in [3.05, 3.63) is 18.2 Å². The first-order chi connectivity index (χ1) is 11.2. The van der Waals surface area contributed by atoms with Gasteiger partial charge in [0.25, 0.3) is 0 Å². The summed E-state index contributed by atoms with van der Waals surface area (Å²) in [5.41, 5.74) is 0. The molecule has 23 heavy (non-hydrogen) atoms. The maximum absolute atomic E-state index is 5.92. The summed E-state index contributed by atoms with van der Waals surface area (Å²) in [6, 6.07) is 0.562. The molecule has 6 nitrogen and oxygen atoms in total. The molecule has 2 aliphatic rings. The van der Waals surface area contributed by atoms with Gasteiger partial charge >= 0.3 is 0 Å². The maximum Gasteiger partial charge on any atom is 0.122 e. The Kier molecular flexibility index (Phi) is 5.69. The van der Waals surface area contributed by atoms with Crippen molar-refractivity contribution in [2.75, 3.05) is 52.9 Å².